The van der Waals surface area contributed by atoms with Crippen LogP contribution >= 0.6 is 0 Å². The van der Waals surface area contributed by atoms with Gasteiger partial charge in [-0.15, -0.1) is 0 Å². The van der Waals surface area contributed by atoms with E-state index >= 15 is 0 Å². The van der Waals surface area contributed by atoms with Crippen LogP contribution in [0.15, 0.2) is 16.9 Å². The van der Waals surface area contributed by atoms with E-state index in [1.165, 1.54) is 6.20 Å². The van der Waals surface area contributed by atoms with E-state index in [1.54, 1.807) is 24.9 Å². The Balaban J connectivity index is 1.62. The molecule has 1 amide bonds. The normalized spacial score (nSPS) is 27.9. The SMILES string of the molecule is CCS(=O)(=O)N[C@@H]1C[C@H]2CN(C(=O)c3cn[nH]c3)C[C@@]2(c2nc(C)no2)C1. The Bertz CT molecular complexity index is 940. The maximum atomic E-state index is 12.8. The number of carbonyl (C=O) groups excluding carboxylic acids is 1. The quantitative estimate of drug-likeness (QED) is 0.740. The maximum absolute atomic E-state index is 12.8. The Morgan fingerprint density at radius 3 is 2.96 bits per heavy atom. The van der Waals surface area contributed by atoms with Crippen molar-refractivity contribution >= 4 is 15.9 Å². The molecule has 0 bridgehead atoms. The second-order valence-corrected chi connectivity index (χ2v) is 9.37. The first-order chi connectivity index (χ1) is 12.8. The number of likely N-dealkylation sites (tertiary alicyclic amines) is 1. The summed E-state index contributed by atoms with van der Waals surface area (Å²) < 4.78 is 32.3. The van der Waals surface area contributed by atoms with Gasteiger partial charge in [-0.25, -0.2) is 13.1 Å². The Kier molecular flexibility index (Phi) is 4.30. The summed E-state index contributed by atoms with van der Waals surface area (Å²) in [6.45, 7) is 4.28. The van der Waals surface area contributed by atoms with E-state index in [4.69, 9.17) is 4.52 Å². The molecule has 10 nitrogen and oxygen atoms in total. The van der Waals surface area contributed by atoms with Crippen molar-refractivity contribution in [3.8, 4) is 0 Å². The monoisotopic (exact) mass is 394 g/mol. The molecule has 11 heteroatoms. The Hall–Kier alpha value is -2.27. The van der Waals surface area contributed by atoms with Crippen molar-refractivity contribution in [1.82, 2.24) is 30.0 Å². The van der Waals surface area contributed by atoms with Crippen LogP contribution in [0.2, 0.25) is 0 Å². The van der Waals surface area contributed by atoms with Crippen molar-refractivity contribution in [3.05, 3.63) is 29.7 Å². The average Bonchev–Trinajstić information content (AvgIpc) is 3.36. The first kappa shape index (κ1) is 18.1. The van der Waals surface area contributed by atoms with Crippen LogP contribution in [0.1, 0.15) is 41.8 Å². The standard InChI is InChI=1S/C16H22N6O4S/c1-3-27(24,25)21-13-4-12-8-22(14(23)11-6-17-18-7-11)9-16(12,5-13)15-19-10(2)20-26-15/h6-7,12-13,21H,3-5,8-9H2,1-2H3,(H,17,18)/t12-,13+,16-/m0/s1. The van der Waals surface area contributed by atoms with Crippen LogP contribution in [-0.4, -0.2) is 64.4 Å². The lowest BCUT2D eigenvalue weighted by Crippen LogP contribution is -2.39. The van der Waals surface area contributed by atoms with Gasteiger partial charge in [0.15, 0.2) is 5.82 Å². The number of rotatable bonds is 5. The third-order valence-electron chi connectivity index (χ3n) is 5.59. The summed E-state index contributed by atoms with van der Waals surface area (Å²) in [4.78, 5) is 18.9. The van der Waals surface area contributed by atoms with E-state index in [9.17, 15) is 13.2 Å². The number of aromatic nitrogens is 4. The topological polar surface area (TPSA) is 134 Å². The zero-order valence-electron chi connectivity index (χ0n) is 15.2. The predicted octanol–water partition coefficient (Wildman–Crippen LogP) is 0.213. The lowest BCUT2D eigenvalue weighted by molar-refractivity contribution is 0.0773. The number of H-pyrrole nitrogens is 1. The molecule has 146 valence electrons. The zero-order valence-corrected chi connectivity index (χ0v) is 16.0. The second kappa shape index (κ2) is 6.41. The molecule has 3 heterocycles. The molecule has 0 spiro atoms. The van der Waals surface area contributed by atoms with Crippen LogP contribution in [0.3, 0.4) is 0 Å². The largest absolute Gasteiger partial charge is 0.339 e. The highest BCUT2D eigenvalue weighted by Gasteiger charge is 2.58. The molecule has 2 aromatic rings. The van der Waals surface area contributed by atoms with E-state index in [0.717, 1.165) is 0 Å². The molecular weight excluding hydrogens is 372 g/mol. The number of nitrogens with zero attached hydrogens (tertiary/aromatic N) is 4. The summed E-state index contributed by atoms with van der Waals surface area (Å²) in [5, 5.41) is 10.4. The van der Waals surface area contributed by atoms with Crippen molar-refractivity contribution in [1.29, 1.82) is 0 Å². The average molecular weight is 394 g/mol. The van der Waals surface area contributed by atoms with Gasteiger partial charge in [-0.1, -0.05) is 5.16 Å². The van der Waals surface area contributed by atoms with Crippen LogP contribution in [0.25, 0.3) is 0 Å². The third kappa shape index (κ3) is 3.14. The van der Waals surface area contributed by atoms with Gasteiger partial charge < -0.3 is 9.42 Å². The molecule has 27 heavy (non-hydrogen) atoms. The summed E-state index contributed by atoms with van der Waals surface area (Å²) in [6, 6.07) is -0.210. The highest BCUT2D eigenvalue weighted by molar-refractivity contribution is 7.89. The van der Waals surface area contributed by atoms with Crippen molar-refractivity contribution in [2.45, 2.75) is 38.1 Å². The fourth-order valence-corrected chi connectivity index (χ4v) is 5.19. The van der Waals surface area contributed by atoms with Gasteiger partial charge in [0.2, 0.25) is 15.9 Å². The Morgan fingerprint density at radius 1 is 1.52 bits per heavy atom. The summed E-state index contributed by atoms with van der Waals surface area (Å²) in [6.07, 6.45) is 4.21. The zero-order chi connectivity index (χ0) is 19.2. The molecule has 3 atom stereocenters. The minimum absolute atomic E-state index is 0.0337. The van der Waals surface area contributed by atoms with Gasteiger partial charge in [-0.05, 0) is 32.6 Å². The van der Waals surface area contributed by atoms with Crippen LogP contribution in [0, 0.1) is 12.8 Å². The van der Waals surface area contributed by atoms with Crippen LogP contribution in [0.4, 0.5) is 0 Å². The molecule has 1 saturated heterocycles. The number of hydrogen-bond acceptors (Lipinski definition) is 7. The molecule has 2 aromatic heterocycles. The van der Waals surface area contributed by atoms with E-state index in [-0.39, 0.29) is 23.6 Å². The fourth-order valence-electron chi connectivity index (χ4n) is 4.33. The van der Waals surface area contributed by atoms with Crippen molar-refractivity contribution in [3.63, 3.8) is 0 Å². The van der Waals surface area contributed by atoms with E-state index < -0.39 is 15.4 Å². The Morgan fingerprint density at radius 2 is 2.33 bits per heavy atom. The number of aromatic amines is 1. The summed E-state index contributed by atoms with van der Waals surface area (Å²) in [5.74, 6) is 0.963. The van der Waals surface area contributed by atoms with Gasteiger partial charge in [0.1, 0.15) is 0 Å². The molecule has 0 radical (unpaired) electrons. The molecule has 2 N–H and O–H groups in total. The van der Waals surface area contributed by atoms with Crippen LogP contribution in [0.5, 0.6) is 0 Å². The number of amides is 1. The molecule has 4 rings (SSSR count). The van der Waals surface area contributed by atoms with Gasteiger partial charge in [0.25, 0.3) is 5.91 Å². The molecule has 0 unspecified atom stereocenters. The minimum Gasteiger partial charge on any atom is -0.339 e. The highest BCUT2D eigenvalue weighted by atomic mass is 32.2. The van der Waals surface area contributed by atoms with Gasteiger partial charge >= 0.3 is 0 Å². The molecular formula is C16H22N6O4S. The second-order valence-electron chi connectivity index (χ2n) is 7.33. The van der Waals surface area contributed by atoms with E-state index in [2.05, 4.69) is 25.1 Å². The molecule has 2 aliphatic rings. The van der Waals surface area contributed by atoms with Gasteiger partial charge in [0, 0.05) is 25.3 Å². The predicted molar refractivity (Wildman–Crippen MR) is 94.3 cm³/mol. The number of sulfonamides is 1. The van der Waals surface area contributed by atoms with Crippen molar-refractivity contribution in [2.24, 2.45) is 5.92 Å². The molecule has 1 saturated carbocycles. The minimum atomic E-state index is -3.31. The lowest BCUT2D eigenvalue weighted by Gasteiger charge is -2.25. The summed E-state index contributed by atoms with van der Waals surface area (Å²) in [7, 11) is -3.31. The third-order valence-corrected chi connectivity index (χ3v) is 7.04. The number of nitrogens with one attached hydrogen (secondary N) is 2. The first-order valence-electron chi connectivity index (χ1n) is 8.92. The summed E-state index contributed by atoms with van der Waals surface area (Å²) in [5.41, 5.74) is -0.0447. The maximum Gasteiger partial charge on any atom is 0.257 e. The van der Waals surface area contributed by atoms with Crippen LogP contribution in [-0.2, 0) is 15.4 Å². The molecule has 1 aliphatic heterocycles. The first-order valence-corrected chi connectivity index (χ1v) is 10.6. The van der Waals surface area contributed by atoms with Gasteiger partial charge in [-0.2, -0.15) is 10.1 Å². The summed E-state index contributed by atoms with van der Waals surface area (Å²) >= 11 is 0. The van der Waals surface area contributed by atoms with Gasteiger partial charge in [0.05, 0.1) is 22.9 Å². The van der Waals surface area contributed by atoms with E-state index in [1.807, 2.05) is 0 Å². The molecule has 2 fully saturated rings. The van der Waals surface area contributed by atoms with Gasteiger partial charge in [-0.3, -0.25) is 9.89 Å². The smallest absolute Gasteiger partial charge is 0.257 e. The number of hydrogen-bond donors (Lipinski definition) is 2. The number of aryl methyl sites for hydroxylation is 1. The molecule has 1 aliphatic carbocycles. The number of carbonyl (C=O) groups is 1. The lowest BCUT2D eigenvalue weighted by atomic mass is 9.80. The highest BCUT2D eigenvalue weighted by Crippen LogP contribution is 2.50. The van der Waals surface area contributed by atoms with Crippen molar-refractivity contribution < 1.29 is 17.7 Å². The Labute approximate surface area is 156 Å². The van der Waals surface area contributed by atoms with E-state index in [0.29, 0.717) is 43.2 Å². The number of fused-ring (bicyclic) bond motifs is 1. The van der Waals surface area contributed by atoms with Crippen LogP contribution < -0.4 is 4.72 Å². The van der Waals surface area contributed by atoms with Crippen molar-refractivity contribution in [2.75, 3.05) is 18.8 Å². The molecule has 0 aromatic carbocycles. The fraction of sp³-hybridized carbons (Fsp3) is 0.625.